The zero-order chi connectivity index (χ0) is 22.0. The third-order valence-corrected chi connectivity index (χ3v) is 4.40. The molecule has 1 N–H and O–H groups in total. The van der Waals surface area contributed by atoms with E-state index in [1.807, 2.05) is 0 Å². The van der Waals surface area contributed by atoms with Crippen LogP contribution in [0.3, 0.4) is 0 Å². The Morgan fingerprint density at radius 1 is 0.964 bits per heavy atom. The second-order valence-corrected chi connectivity index (χ2v) is 8.09. The van der Waals surface area contributed by atoms with Crippen LogP contribution in [0.4, 0.5) is 0 Å². The summed E-state index contributed by atoms with van der Waals surface area (Å²) in [4.78, 5) is 36.2. The highest BCUT2D eigenvalue weighted by Gasteiger charge is 2.42. The first-order chi connectivity index (χ1) is 12.8. The number of carbonyl (C=O) groups is 3. The van der Waals surface area contributed by atoms with Gasteiger partial charge in [0.05, 0.1) is 12.4 Å². The number of esters is 3. The molecule has 0 unspecified atom stereocenters. The van der Waals surface area contributed by atoms with Crippen LogP contribution >= 0.6 is 0 Å². The maximum Gasteiger partial charge on any atom is 0.333 e. The van der Waals surface area contributed by atoms with E-state index in [4.69, 9.17) is 18.8 Å². The molecule has 0 aliphatic carbocycles. The maximum absolute atomic E-state index is 12.7. The van der Waals surface area contributed by atoms with Crippen molar-refractivity contribution >= 4 is 28.0 Å². The predicted octanol–water partition coefficient (Wildman–Crippen LogP) is 1.83. The normalized spacial score (nSPS) is 11.4. The summed E-state index contributed by atoms with van der Waals surface area (Å²) >= 11 is 0. The summed E-state index contributed by atoms with van der Waals surface area (Å²) in [7, 11) is -4.18. The third kappa shape index (κ3) is 9.65. The second-order valence-electron chi connectivity index (χ2n) is 6.52. The van der Waals surface area contributed by atoms with E-state index in [0.717, 1.165) is 0 Å². The predicted molar refractivity (Wildman–Crippen MR) is 101 cm³/mol. The zero-order valence-electron chi connectivity index (χ0n) is 16.5. The lowest BCUT2D eigenvalue weighted by atomic mass is 9.85. The summed E-state index contributed by atoms with van der Waals surface area (Å²) < 4.78 is 45.5. The quantitative estimate of drug-likeness (QED) is 0.156. The Balaban J connectivity index is 5.33. The van der Waals surface area contributed by atoms with E-state index in [-0.39, 0.29) is 30.6 Å². The Labute approximate surface area is 165 Å². The second kappa shape index (κ2) is 11.6. The SMILES string of the molecule is C=C(C)C(=O)OCC(CCC)(COC(=O)C(=C)C)C(=O)OCCCS(=O)(=O)O. The van der Waals surface area contributed by atoms with E-state index in [1.165, 1.54) is 13.8 Å². The largest absolute Gasteiger partial charge is 0.465 e. The molecule has 0 aromatic heterocycles. The maximum atomic E-state index is 12.7. The molecule has 0 aromatic carbocycles. The molecule has 0 amide bonds. The van der Waals surface area contributed by atoms with Crippen molar-refractivity contribution in [3.63, 3.8) is 0 Å². The standard InChI is InChI=1S/C18H28O9S/c1-6-8-18(11-26-15(19)13(2)3,12-27-16(20)14(4)5)17(21)25-9-7-10-28(22,23)24/h2,4,6-12H2,1,3,5H3,(H,22,23,24). The van der Waals surface area contributed by atoms with Crippen molar-refractivity contribution in [2.75, 3.05) is 25.6 Å². The van der Waals surface area contributed by atoms with Crippen molar-refractivity contribution in [3.05, 3.63) is 24.3 Å². The van der Waals surface area contributed by atoms with Gasteiger partial charge < -0.3 is 14.2 Å². The highest BCUT2D eigenvalue weighted by molar-refractivity contribution is 7.85. The first-order valence-corrected chi connectivity index (χ1v) is 10.2. The van der Waals surface area contributed by atoms with Crippen molar-refractivity contribution < 1.29 is 41.6 Å². The summed E-state index contributed by atoms with van der Waals surface area (Å²) in [6.45, 7) is 10.5. The van der Waals surface area contributed by atoms with Gasteiger partial charge in [-0.3, -0.25) is 9.35 Å². The van der Waals surface area contributed by atoms with Gasteiger partial charge in [0, 0.05) is 11.1 Å². The van der Waals surface area contributed by atoms with Crippen LogP contribution < -0.4 is 0 Å². The monoisotopic (exact) mass is 420 g/mol. The van der Waals surface area contributed by atoms with Crippen LogP contribution in [0.5, 0.6) is 0 Å². The number of hydrogen-bond acceptors (Lipinski definition) is 8. The Hall–Kier alpha value is -2.20. The molecule has 0 fully saturated rings. The molecule has 160 valence electrons. The van der Waals surface area contributed by atoms with Crippen LogP contribution in [0.25, 0.3) is 0 Å². The fraction of sp³-hybridized carbons (Fsp3) is 0.611. The van der Waals surface area contributed by atoms with Crippen molar-refractivity contribution in [2.45, 2.75) is 40.0 Å². The van der Waals surface area contributed by atoms with Crippen LogP contribution in [-0.4, -0.2) is 56.5 Å². The fourth-order valence-corrected chi connectivity index (χ4v) is 2.58. The molecule has 0 heterocycles. The Morgan fingerprint density at radius 2 is 1.43 bits per heavy atom. The molecular weight excluding hydrogens is 392 g/mol. The summed E-state index contributed by atoms with van der Waals surface area (Å²) in [6, 6.07) is 0. The third-order valence-electron chi connectivity index (χ3n) is 3.60. The lowest BCUT2D eigenvalue weighted by molar-refractivity contribution is -0.170. The fourth-order valence-electron chi connectivity index (χ4n) is 2.10. The van der Waals surface area contributed by atoms with E-state index in [1.54, 1.807) is 6.92 Å². The van der Waals surface area contributed by atoms with Crippen LogP contribution in [-0.2, 0) is 38.7 Å². The van der Waals surface area contributed by atoms with E-state index in [9.17, 15) is 22.8 Å². The Bertz CT molecular complexity index is 677. The van der Waals surface area contributed by atoms with Crippen LogP contribution in [0.2, 0.25) is 0 Å². The average Bonchev–Trinajstić information content (AvgIpc) is 2.59. The summed E-state index contributed by atoms with van der Waals surface area (Å²) in [6.07, 6.45) is 0.538. The van der Waals surface area contributed by atoms with Crippen molar-refractivity contribution in [1.29, 1.82) is 0 Å². The van der Waals surface area contributed by atoms with Crippen molar-refractivity contribution in [2.24, 2.45) is 5.41 Å². The first kappa shape index (κ1) is 25.8. The summed E-state index contributed by atoms with van der Waals surface area (Å²) in [5, 5.41) is 0. The molecule has 0 aromatic rings. The highest BCUT2D eigenvalue weighted by Crippen LogP contribution is 2.28. The van der Waals surface area contributed by atoms with Crippen LogP contribution in [0, 0.1) is 5.41 Å². The van der Waals surface area contributed by atoms with Gasteiger partial charge in [-0.25, -0.2) is 9.59 Å². The van der Waals surface area contributed by atoms with Gasteiger partial charge in [0.2, 0.25) is 0 Å². The molecule has 9 nitrogen and oxygen atoms in total. The van der Waals surface area contributed by atoms with E-state index < -0.39 is 52.4 Å². The van der Waals surface area contributed by atoms with Crippen molar-refractivity contribution in [1.82, 2.24) is 0 Å². The number of rotatable bonds is 13. The topological polar surface area (TPSA) is 133 Å². The minimum absolute atomic E-state index is 0.121. The van der Waals surface area contributed by atoms with Gasteiger partial charge in [-0.05, 0) is 26.7 Å². The van der Waals surface area contributed by atoms with E-state index >= 15 is 0 Å². The molecule has 0 aliphatic rings. The number of carbonyl (C=O) groups excluding carboxylic acids is 3. The van der Waals surface area contributed by atoms with Gasteiger partial charge in [0.15, 0.2) is 0 Å². The molecule has 0 atom stereocenters. The first-order valence-electron chi connectivity index (χ1n) is 8.62. The highest BCUT2D eigenvalue weighted by atomic mass is 32.2. The van der Waals surface area contributed by atoms with Gasteiger partial charge in [-0.1, -0.05) is 26.5 Å². The number of hydrogen-bond donors (Lipinski definition) is 1. The molecule has 0 radical (unpaired) electrons. The molecule has 0 aliphatic heterocycles. The molecule has 0 rings (SSSR count). The molecule has 0 saturated heterocycles. The Morgan fingerprint density at radius 3 is 1.79 bits per heavy atom. The van der Waals surface area contributed by atoms with Gasteiger partial charge in [-0.2, -0.15) is 8.42 Å². The average molecular weight is 420 g/mol. The zero-order valence-corrected chi connectivity index (χ0v) is 17.3. The summed E-state index contributed by atoms with van der Waals surface area (Å²) in [5.41, 5.74) is -1.21. The molecule has 10 heteroatoms. The van der Waals surface area contributed by atoms with Crippen LogP contribution in [0.15, 0.2) is 24.3 Å². The lowest BCUT2D eigenvalue weighted by Gasteiger charge is -2.30. The minimum Gasteiger partial charge on any atom is -0.465 e. The van der Waals surface area contributed by atoms with Gasteiger partial charge in [0.1, 0.15) is 18.6 Å². The van der Waals surface area contributed by atoms with Crippen LogP contribution in [0.1, 0.15) is 40.0 Å². The minimum atomic E-state index is -4.18. The van der Waals surface area contributed by atoms with Gasteiger partial charge >= 0.3 is 17.9 Å². The van der Waals surface area contributed by atoms with Crippen molar-refractivity contribution in [3.8, 4) is 0 Å². The molecule has 0 spiro atoms. The van der Waals surface area contributed by atoms with E-state index in [0.29, 0.717) is 6.42 Å². The van der Waals surface area contributed by atoms with Gasteiger partial charge in [-0.15, -0.1) is 0 Å². The molecule has 0 bridgehead atoms. The Kier molecular flexibility index (Phi) is 10.7. The smallest absolute Gasteiger partial charge is 0.333 e. The summed E-state index contributed by atoms with van der Waals surface area (Å²) in [5.74, 6) is -2.82. The van der Waals surface area contributed by atoms with Gasteiger partial charge in [0.25, 0.3) is 10.1 Å². The number of ether oxygens (including phenoxy) is 3. The molecular formula is C18H28O9S. The lowest BCUT2D eigenvalue weighted by Crippen LogP contribution is -2.43. The molecule has 28 heavy (non-hydrogen) atoms. The molecule has 0 saturated carbocycles. The van der Waals surface area contributed by atoms with E-state index in [2.05, 4.69) is 13.2 Å².